The van der Waals surface area contributed by atoms with E-state index in [2.05, 4.69) is 22.3 Å². The Morgan fingerprint density at radius 3 is 3.04 bits per heavy atom. The number of ether oxygens (including phenoxy) is 1. The van der Waals surface area contributed by atoms with E-state index in [1.807, 2.05) is 0 Å². The lowest BCUT2D eigenvalue weighted by Gasteiger charge is -2.17. The van der Waals surface area contributed by atoms with Crippen LogP contribution >= 0.6 is 11.3 Å². The highest BCUT2D eigenvalue weighted by Crippen LogP contribution is 2.38. The summed E-state index contributed by atoms with van der Waals surface area (Å²) in [5, 5.41) is 8.20. The Balaban J connectivity index is 1.79. The van der Waals surface area contributed by atoms with E-state index in [0.717, 1.165) is 29.5 Å². The fourth-order valence-corrected chi connectivity index (χ4v) is 5.11. The van der Waals surface area contributed by atoms with E-state index in [-0.39, 0.29) is 18.1 Å². The molecule has 27 heavy (non-hydrogen) atoms. The molecule has 0 unspecified atom stereocenters. The van der Waals surface area contributed by atoms with Gasteiger partial charge in [0.15, 0.2) is 5.65 Å². The summed E-state index contributed by atoms with van der Waals surface area (Å²) in [6, 6.07) is 0. The van der Waals surface area contributed by atoms with E-state index in [9.17, 15) is 9.59 Å². The van der Waals surface area contributed by atoms with E-state index in [1.54, 1.807) is 25.4 Å². The van der Waals surface area contributed by atoms with Gasteiger partial charge in [-0.15, -0.1) is 16.4 Å². The maximum absolute atomic E-state index is 12.8. The molecule has 1 N–H and O–H groups in total. The minimum absolute atomic E-state index is 0.117. The van der Waals surface area contributed by atoms with Crippen LogP contribution < -0.4 is 11.0 Å². The van der Waals surface area contributed by atoms with Crippen molar-refractivity contribution >= 4 is 33.1 Å². The van der Waals surface area contributed by atoms with Crippen LogP contribution in [0.5, 0.6) is 0 Å². The summed E-state index contributed by atoms with van der Waals surface area (Å²) in [7, 11) is 1.57. The molecule has 1 atom stereocenters. The Hall–Kier alpha value is -2.26. The molecule has 3 aromatic heterocycles. The van der Waals surface area contributed by atoms with Crippen molar-refractivity contribution in [3.8, 4) is 0 Å². The van der Waals surface area contributed by atoms with E-state index < -0.39 is 0 Å². The van der Waals surface area contributed by atoms with Crippen molar-refractivity contribution in [2.24, 2.45) is 5.92 Å². The first-order valence-electron chi connectivity index (χ1n) is 9.15. The number of carbonyl (C=O) groups excluding carboxylic acids is 1. The Morgan fingerprint density at radius 2 is 2.26 bits per heavy atom. The van der Waals surface area contributed by atoms with Gasteiger partial charge in [-0.2, -0.15) is 0 Å². The van der Waals surface area contributed by atoms with Crippen molar-refractivity contribution in [2.75, 3.05) is 20.3 Å². The molecule has 1 amide bonds. The highest BCUT2D eigenvalue weighted by molar-refractivity contribution is 7.19. The SMILES string of the molecule is COCCNC(=O)Cn1nc2c3c4c(sc3nc(C)n2c1=O)C[C@H](C)CC4. The molecule has 3 heterocycles. The van der Waals surface area contributed by atoms with Crippen LogP contribution in [0.25, 0.3) is 15.9 Å². The molecule has 4 rings (SSSR count). The zero-order valence-electron chi connectivity index (χ0n) is 15.7. The Bertz CT molecular complexity index is 1080. The summed E-state index contributed by atoms with van der Waals surface area (Å²) >= 11 is 1.71. The first-order valence-corrected chi connectivity index (χ1v) is 9.97. The number of methoxy groups -OCH3 is 1. The number of thiophene rings is 1. The van der Waals surface area contributed by atoms with Gasteiger partial charge >= 0.3 is 5.69 Å². The average Bonchev–Trinajstić information content (AvgIpc) is 3.12. The highest BCUT2D eigenvalue weighted by Gasteiger charge is 2.25. The maximum Gasteiger partial charge on any atom is 0.352 e. The van der Waals surface area contributed by atoms with Gasteiger partial charge in [0, 0.05) is 18.5 Å². The van der Waals surface area contributed by atoms with Crippen molar-refractivity contribution in [3.63, 3.8) is 0 Å². The number of hydrogen-bond donors (Lipinski definition) is 1. The second kappa shape index (κ2) is 7.05. The third kappa shape index (κ3) is 3.14. The first-order chi connectivity index (χ1) is 13.0. The normalized spacial score (nSPS) is 16.8. The first kappa shape index (κ1) is 18.1. The number of amides is 1. The molecule has 0 spiro atoms. The summed E-state index contributed by atoms with van der Waals surface area (Å²) in [6.45, 7) is 4.78. The van der Waals surface area contributed by atoms with Gasteiger partial charge in [-0.25, -0.2) is 18.9 Å². The molecule has 1 aliphatic rings. The van der Waals surface area contributed by atoms with Crippen LogP contribution in [0.4, 0.5) is 0 Å². The fraction of sp³-hybridized carbons (Fsp3) is 0.556. The fourth-order valence-electron chi connectivity index (χ4n) is 3.69. The highest BCUT2D eigenvalue weighted by atomic mass is 32.1. The lowest BCUT2D eigenvalue weighted by atomic mass is 9.89. The predicted octanol–water partition coefficient (Wildman–Crippen LogP) is 1.30. The van der Waals surface area contributed by atoms with Crippen molar-refractivity contribution < 1.29 is 9.53 Å². The van der Waals surface area contributed by atoms with Gasteiger partial charge in [-0.1, -0.05) is 6.92 Å². The van der Waals surface area contributed by atoms with Crippen LogP contribution in [-0.4, -0.2) is 45.3 Å². The molecule has 0 aliphatic heterocycles. The molecule has 0 saturated heterocycles. The number of aromatic nitrogens is 4. The van der Waals surface area contributed by atoms with Gasteiger partial charge in [0.05, 0.1) is 12.0 Å². The Morgan fingerprint density at radius 1 is 1.44 bits per heavy atom. The number of aryl methyl sites for hydroxylation is 2. The second-order valence-corrected chi connectivity index (χ2v) is 8.22. The number of rotatable bonds is 5. The number of fused-ring (bicyclic) bond motifs is 5. The second-order valence-electron chi connectivity index (χ2n) is 7.13. The number of nitrogens with zero attached hydrogens (tertiary/aromatic N) is 4. The van der Waals surface area contributed by atoms with Gasteiger partial charge in [0.1, 0.15) is 17.2 Å². The molecule has 0 radical (unpaired) electrons. The zero-order valence-corrected chi connectivity index (χ0v) is 16.6. The summed E-state index contributed by atoms with van der Waals surface area (Å²) < 4.78 is 7.67. The number of nitrogens with one attached hydrogen (secondary N) is 1. The Kier molecular flexibility index (Phi) is 4.73. The topological polar surface area (TPSA) is 90.5 Å². The molecule has 9 heteroatoms. The van der Waals surface area contributed by atoms with Gasteiger partial charge in [0.2, 0.25) is 5.91 Å². The maximum atomic E-state index is 12.8. The van der Waals surface area contributed by atoms with Crippen molar-refractivity contribution in [1.29, 1.82) is 0 Å². The molecule has 144 valence electrons. The third-order valence-electron chi connectivity index (χ3n) is 5.06. The molecular weight excluding hydrogens is 366 g/mol. The predicted molar refractivity (Wildman–Crippen MR) is 103 cm³/mol. The molecule has 3 aromatic rings. The van der Waals surface area contributed by atoms with E-state index >= 15 is 0 Å². The van der Waals surface area contributed by atoms with Gasteiger partial charge < -0.3 is 10.1 Å². The van der Waals surface area contributed by atoms with E-state index in [4.69, 9.17) is 4.74 Å². The van der Waals surface area contributed by atoms with Crippen LogP contribution in [-0.2, 0) is 28.9 Å². The van der Waals surface area contributed by atoms with Crippen molar-refractivity contribution in [1.82, 2.24) is 24.5 Å². The number of carbonyl (C=O) groups is 1. The minimum atomic E-state index is -0.331. The average molecular weight is 389 g/mol. The molecule has 8 nitrogen and oxygen atoms in total. The van der Waals surface area contributed by atoms with E-state index in [1.165, 1.54) is 19.5 Å². The standard InChI is InChI=1S/C18H23N5O3S/c1-10-4-5-12-13(8-10)27-17-15(12)16-21-22(9-14(24)19-6-7-26-3)18(25)23(16)11(2)20-17/h10H,4-9H2,1-3H3,(H,19,24)/t10-/m1/s1. The lowest BCUT2D eigenvalue weighted by Crippen LogP contribution is -2.34. The van der Waals surface area contributed by atoms with Crippen LogP contribution in [0, 0.1) is 12.8 Å². The van der Waals surface area contributed by atoms with Gasteiger partial charge in [-0.05, 0) is 37.7 Å². The molecule has 1 aliphatic carbocycles. The monoisotopic (exact) mass is 389 g/mol. The number of hydrogen-bond acceptors (Lipinski definition) is 6. The third-order valence-corrected chi connectivity index (χ3v) is 6.21. The molecule has 0 fully saturated rings. The summed E-state index contributed by atoms with van der Waals surface area (Å²) in [6.07, 6.45) is 3.16. The van der Waals surface area contributed by atoms with Crippen LogP contribution in [0.2, 0.25) is 0 Å². The summed E-state index contributed by atoms with van der Waals surface area (Å²) in [5.74, 6) is 0.999. The van der Waals surface area contributed by atoms with Crippen LogP contribution in [0.15, 0.2) is 4.79 Å². The van der Waals surface area contributed by atoms with Crippen LogP contribution in [0.1, 0.15) is 29.6 Å². The summed E-state index contributed by atoms with van der Waals surface area (Å²) in [5.41, 5.74) is 1.55. The largest absolute Gasteiger partial charge is 0.383 e. The van der Waals surface area contributed by atoms with Crippen LogP contribution in [0.3, 0.4) is 0 Å². The molecule has 0 aromatic carbocycles. The summed E-state index contributed by atoms with van der Waals surface area (Å²) in [4.78, 5) is 31.9. The minimum Gasteiger partial charge on any atom is -0.383 e. The molecule has 0 bridgehead atoms. The van der Waals surface area contributed by atoms with Crippen molar-refractivity contribution in [2.45, 2.75) is 39.7 Å². The zero-order chi connectivity index (χ0) is 19.1. The smallest absolute Gasteiger partial charge is 0.352 e. The van der Waals surface area contributed by atoms with Gasteiger partial charge in [-0.3, -0.25) is 4.79 Å². The molecule has 0 saturated carbocycles. The Labute approximate surface area is 160 Å². The van der Waals surface area contributed by atoms with Gasteiger partial charge in [0.25, 0.3) is 0 Å². The quantitative estimate of drug-likeness (QED) is 0.665. The molecular formula is C18H23N5O3S. The lowest BCUT2D eigenvalue weighted by molar-refractivity contribution is -0.122. The van der Waals surface area contributed by atoms with E-state index in [0.29, 0.717) is 30.5 Å². The van der Waals surface area contributed by atoms with Crippen molar-refractivity contribution in [3.05, 3.63) is 26.7 Å².